The van der Waals surface area contributed by atoms with Gasteiger partial charge in [-0.25, -0.2) is 0 Å². The molecule has 0 aromatic rings. The Hall–Kier alpha value is -0.443. The zero-order valence-electron chi connectivity index (χ0n) is 14.2. The first-order valence-electron chi connectivity index (χ1n) is 7.64. The lowest BCUT2D eigenvalue weighted by Gasteiger charge is -2.36. The number of hydrogen-bond acceptors (Lipinski definition) is 2. The van der Waals surface area contributed by atoms with Crippen molar-refractivity contribution in [2.45, 2.75) is 66.6 Å². The van der Waals surface area contributed by atoms with E-state index in [0.29, 0.717) is 23.7 Å². The smallest absolute Gasteiger partial charge is 0.260 e. The first-order valence-corrected chi connectivity index (χ1v) is 10.2. The van der Waals surface area contributed by atoms with Crippen molar-refractivity contribution in [3.63, 3.8) is 0 Å². The minimum atomic E-state index is -1.78. The average molecular weight is 287 g/mol. The summed E-state index contributed by atoms with van der Waals surface area (Å²) in [6, 6.07) is 3.64. The first-order chi connectivity index (χ1) is 8.74. The van der Waals surface area contributed by atoms with Gasteiger partial charge in [-0.1, -0.05) is 41.5 Å². The van der Waals surface area contributed by atoms with Crippen molar-refractivity contribution < 1.29 is 9.16 Å². The molecule has 19 heavy (non-hydrogen) atoms. The molecule has 0 atom stereocenters. The summed E-state index contributed by atoms with van der Waals surface area (Å²) in [5.41, 5.74) is 0. The predicted molar refractivity (Wildman–Crippen MR) is 86.5 cm³/mol. The third-order valence-electron chi connectivity index (χ3n) is 3.09. The molecule has 0 aliphatic rings. The van der Waals surface area contributed by atoms with Crippen LogP contribution in [0.1, 0.15) is 48.5 Å². The second-order valence-electron chi connectivity index (χ2n) is 6.89. The summed E-state index contributed by atoms with van der Waals surface area (Å²) in [5.74, 6) is 2.76. The molecule has 0 aliphatic heterocycles. The summed E-state index contributed by atoms with van der Waals surface area (Å²) in [4.78, 5) is 0. The van der Waals surface area contributed by atoms with Crippen LogP contribution in [0.3, 0.4) is 0 Å². The largest absolute Gasteiger partial charge is 0.519 e. The Morgan fingerprint density at radius 1 is 0.895 bits per heavy atom. The van der Waals surface area contributed by atoms with E-state index in [2.05, 4.69) is 41.5 Å². The van der Waals surface area contributed by atoms with Crippen molar-refractivity contribution in [1.82, 2.24) is 0 Å². The molecule has 0 spiro atoms. The van der Waals surface area contributed by atoms with Gasteiger partial charge >= 0.3 is 0 Å². The quantitative estimate of drug-likeness (QED) is 0.416. The fourth-order valence-electron chi connectivity index (χ4n) is 3.04. The first kappa shape index (κ1) is 18.6. The van der Waals surface area contributed by atoms with Gasteiger partial charge in [0.25, 0.3) is 14.3 Å². The van der Waals surface area contributed by atoms with Crippen LogP contribution >= 0.6 is 0 Å². The predicted octanol–water partition coefficient (Wildman–Crippen LogP) is 5.42. The Morgan fingerprint density at radius 3 is 1.47 bits per heavy atom. The van der Waals surface area contributed by atoms with Crippen LogP contribution in [-0.4, -0.2) is 15.4 Å². The van der Waals surface area contributed by atoms with E-state index in [-0.39, 0.29) is 0 Å². The van der Waals surface area contributed by atoms with Crippen LogP contribution in [-0.2, 0) is 9.16 Å². The second kappa shape index (κ2) is 8.67. The number of allylic oxidation sites excluding steroid dienone is 1. The molecule has 0 heterocycles. The topological polar surface area (TPSA) is 18.5 Å². The summed E-state index contributed by atoms with van der Waals surface area (Å²) >= 11 is 0. The SMILES string of the molecule is C/C=C(\OC)O[Si](CC(C)C)(CC(C)C)CC(C)C. The highest BCUT2D eigenvalue weighted by Gasteiger charge is 2.39. The molecule has 0 bridgehead atoms. The van der Waals surface area contributed by atoms with E-state index >= 15 is 0 Å². The third-order valence-corrected chi connectivity index (χ3v) is 8.41. The van der Waals surface area contributed by atoms with Gasteiger partial charge in [0.05, 0.1) is 7.11 Å². The van der Waals surface area contributed by atoms with Gasteiger partial charge in [0, 0.05) is 0 Å². The highest BCUT2D eigenvalue weighted by molar-refractivity contribution is 6.74. The highest BCUT2D eigenvalue weighted by atomic mass is 28.4. The molecule has 0 amide bonds. The number of hydrogen-bond donors (Lipinski definition) is 0. The molecule has 0 aromatic heterocycles. The van der Waals surface area contributed by atoms with Gasteiger partial charge in [0.1, 0.15) is 0 Å². The van der Waals surface area contributed by atoms with Gasteiger partial charge in [0.2, 0.25) is 0 Å². The molecule has 0 rings (SSSR count). The van der Waals surface area contributed by atoms with Crippen molar-refractivity contribution in [2.24, 2.45) is 17.8 Å². The monoisotopic (exact) mass is 286 g/mol. The van der Waals surface area contributed by atoms with Crippen molar-refractivity contribution in [3.05, 3.63) is 12.0 Å². The molecule has 0 radical (unpaired) electrons. The summed E-state index contributed by atoms with van der Waals surface area (Å²) in [5, 5.41) is 0. The van der Waals surface area contributed by atoms with Crippen molar-refractivity contribution >= 4 is 8.32 Å². The van der Waals surface area contributed by atoms with Crippen molar-refractivity contribution in [1.29, 1.82) is 0 Å². The van der Waals surface area contributed by atoms with E-state index in [1.807, 2.05) is 13.0 Å². The molecule has 0 saturated carbocycles. The molecule has 2 nitrogen and oxygen atoms in total. The Balaban J connectivity index is 5.20. The fourth-order valence-corrected chi connectivity index (χ4v) is 8.88. The number of ether oxygens (including phenoxy) is 1. The van der Waals surface area contributed by atoms with E-state index in [1.54, 1.807) is 7.11 Å². The van der Waals surface area contributed by atoms with Gasteiger partial charge in [-0.3, -0.25) is 0 Å². The van der Waals surface area contributed by atoms with Gasteiger partial charge in [0.15, 0.2) is 0 Å². The Kier molecular flexibility index (Phi) is 8.47. The Morgan fingerprint density at radius 2 is 1.26 bits per heavy atom. The lowest BCUT2D eigenvalue weighted by molar-refractivity contribution is 0.139. The molecular formula is C16H34O2Si. The van der Waals surface area contributed by atoms with Crippen LogP contribution in [0.15, 0.2) is 12.0 Å². The van der Waals surface area contributed by atoms with E-state index < -0.39 is 8.32 Å². The maximum atomic E-state index is 6.45. The van der Waals surface area contributed by atoms with Gasteiger partial charge in [-0.05, 0) is 48.9 Å². The number of rotatable bonds is 9. The molecule has 0 aromatic carbocycles. The second-order valence-corrected chi connectivity index (χ2v) is 10.7. The molecule has 0 fully saturated rings. The van der Waals surface area contributed by atoms with Crippen LogP contribution in [0.5, 0.6) is 0 Å². The normalized spacial score (nSPS) is 13.5. The van der Waals surface area contributed by atoms with Crippen LogP contribution in [0, 0.1) is 17.8 Å². The van der Waals surface area contributed by atoms with Gasteiger partial charge < -0.3 is 9.16 Å². The third kappa shape index (κ3) is 7.66. The summed E-state index contributed by atoms with van der Waals surface area (Å²) in [6.07, 6.45) is 1.95. The highest BCUT2D eigenvalue weighted by Crippen LogP contribution is 2.34. The maximum absolute atomic E-state index is 6.45. The van der Waals surface area contributed by atoms with Crippen LogP contribution < -0.4 is 0 Å². The van der Waals surface area contributed by atoms with Crippen molar-refractivity contribution in [2.75, 3.05) is 7.11 Å². The van der Waals surface area contributed by atoms with Crippen LogP contribution in [0.25, 0.3) is 0 Å². The lowest BCUT2D eigenvalue weighted by atomic mass is 10.2. The van der Waals surface area contributed by atoms with E-state index in [4.69, 9.17) is 9.16 Å². The lowest BCUT2D eigenvalue weighted by Crippen LogP contribution is -2.42. The minimum absolute atomic E-state index is 0.680. The van der Waals surface area contributed by atoms with Crippen LogP contribution in [0.2, 0.25) is 18.1 Å². The van der Waals surface area contributed by atoms with Gasteiger partial charge in [-0.15, -0.1) is 0 Å². The number of methoxy groups -OCH3 is 1. The summed E-state index contributed by atoms with van der Waals surface area (Å²) in [7, 11) is -0.0801. The standard InChI is InChI=1S/C16H34O2Si/c1-9-16(17-8)18-19(10-13(2)3,11-14(4)5)12-15(6)7/h9,13-15H,10-12H2,1-8H3/b16-9+. The molecule has 114 valence electrons. The molecule has 3 heteroatoms. The molecule has 0 saturated heterocycles. The van der Waals surface area contributed by atoms with E-state index in [1.165, 1.54) is 18.1 Å². The molecule has 0 N–H and O–H groups in total. The Labute approximate surface area is 121 Å². The Bertz CT molecular complexity index is 243. The van der Waals surface area contributed by atoms with Crippen LogP contribution in [0.4, 0.5) is 0 Å². The van der Waals surface area contributed by atoms with E-state index in [0.717, 1.165) is 0 Å². The van der Waals surface area contributed by atoms with E-state index in [9.17, 15) is 0 Å². The van der Waals surface area contributed by atoms with Crippen molar-refractivity contribution in [3.8, 4) is 0 Å². The summed E-state index contributed by atoms with van der Waals surface area (Å²) < 4.78 is 11.8. The fraction of sp³-hybridized carbons (Fsp3) is 0.875. The minimum Gasteiger partial charge on any atom is -0.519 e. The molecule has 0 aliphatic carbocycles. The summed E-state index contributed by atoms with van der Waals surface area (Å²) in [6.45, 7) is 15.8. The van der Waals surface area contributed by atoms with Gasteiger partial charge in [-0.2, -0.15) is 0 Å². The zero-order valence-corrected chi connectivity index (χ0v) is 15.2. The molecule has 0 unspecified atom stereocenters. The molecular weight excluding hydrogens is 252 g/mol. The maximum Gasteiger partial charge on any atom is 0.260 e. The zero-order chi connectivity index (χ0) is 15.1. The average Bonchev–Trinajstić information content (AvgIpc) is 2.22.